The summed E-state index contributed by atoms with van der Waals surface area (Å²) in [6.07, 6.45) is 0.911. The third-order valence-electron chi connectivity index (χ3n) is 5.76. The number of piperidine rings is 1. The molecule has 7 nitrogen and oxygen atoms in total. The first-order chi connectivity index (χ1) is 14.9. The molecule has 4 rings (SSSR count). The maximum absolute atomic E-state index is 13.1. The number of fused-ring (bicyclic) bond motifs is 1. The summed E-state index contributed by atoms with van der Waals surface area (Å²) in [5.74, 6) is 0.700. The lowest BCUT2D eigenvalue weighted by atomic mass is 9.96. The van der Waals surface area contributed by atoms with Crippen LogP contribution in [0.3, 0.4) is 0 Å². The number of carbonyl (C=O) groups is 1. The monoisotopic (exact) mass is 448 g/mol. The Morgan fingerprint density at radius 2 is 1.77 bits per heavy atom. The molecule has 1 fully saturated rings. The number of nitrogens with zero attached hydrogens (tertiary/aromatic N) is 2. The molecule has 0 bridgehead atoms. The van der Waals surface area contributed by atoms with Crippen molar-refractivity contribution in [2.24, 2.45) is 5.92 Å². The molecule has 2 aromatic carbocycles. The zero-order valence-electron chi connectivity index (χ0n) is 17.3. The summed E-state index contributed by atoms with van der Waals surface area (Å²) in [5.41, 5.74) is 0.954. The van der Waals surface area contributed by atoms with Crippen LogP contribution < -0.4 is 9.47 Å². The van der Waals surface area contributed by atoms with Gasteiger partial charge < -0.3 is 14.4 Å². The number of hydrogen-bond acceptors (Lipinski definition) is 5. The number of hydrogen-bond donors (Lipinski definition) is 0. The van der Waals surface area contributed by atoms with Gasteiger partial charge in [0.15, 0.2) is 11.5 Å². The lowest BCUT2D eigenvalue weighted by Crippen LogP contribution is -2.44. The summed E-state index contributed by atoms with van der Waals surface area (Å²) in [7, 11) is -3.69. The molecule has 0 aliphatic carbocycles. The van der Waals surface area contributed by atoms with Crippen LogP contribution >= 0.6 is 0 Å². The zero-order valence-corrected chi connectivity index (χ0v) is 18.1. The zero-order chi connectivity index (χ0) is 22.0. The molecule has 0 unspecified atom stereocenters. The normalized spacial score (nSPS) is 17.0. The van der Waals surface area contributed by atoms with E-state index in [0.29, 0.717) is 37.4 Å². The van der Waals surface area contributed by atoms with Crippen molar-refractivity contribution >= 4 is 15.9 Å². The van der Waals surface area contributed by atoms with E-state index in [2.05, 4.69) is 0 Å². The summed E-state index contributed by atoms with van der Waals surface area (Å²) in [6.45, 7) is 3.67. The van der Waals surface area contributed by atoms with Crippen molar-refractivity contribution in [2.45, 2.75) is 31.2 Å². The van der Waals surface area contributed by atoms with Crippen LogP contribution in [-0.4, -0.2) is 50.0 Å². The maximum Gasteiger partial charge on any atom is 0.243 e. The van der Waals surface area contributed by atoms with Gasteiger partial charge in [-0.05, 0) is 61.7 Å². The van der Waals surface area contributed by atoms with E-state index in [0.717, 1.165) is 17.7 Å². The second-order valence-corrected chi connectivity index (χ2v) is 9.61. The Bertz CT molecular complexity index is 1050. The topological polar surface area (TPSA) is 76.2 Å². The molecule has 0 atom stereocenters. The van der Waals surface area contributed by atoms with Crippen LogP contribution in [-0.2, 0) is 21.4 Å². The second-order valence-electron chi connectivity index (χ2n) is 7.67. The molecule has 2 aliphatic heterocycles. The first kappa shape index (κ1) is 21.6. The molecule has 0 radical (unpaired) electrons. The van der Waals surface area contributed by atoms with Gasteiger partial charge in [0.05, 0.1) is 4.90 Å². The van der Waals surface area contributed by atoms with Crippen molar-refractivity contribution in [3.63, 3.8) is 0 Å². The summed E-state index contributed by atoms with van der Waals surface area (Å²) in [6, 6.07) is 10.5. The molecule has 0 spiro atoms. The highest BCUT2D eigenvalue weighted by molar-refractivity contribution is 7.89. The summed E-state index contributed by atoms with van der Waals surface area (Å²) < 4.78 is 50.8. The summed E-state index contributed by atoms with van der Waals surface area (Å²) in [4.78, 5) is 14.9. The Hall–Kier alpha value is -2.65. The number of carbonyl (C=O) groups excluding carboxylic acids is 1. The molecule has 1 amide bonds. The van der Waals surface area contributed by atoms with E-state index in [1.807, 2.05) is 25.1 Å². The van der Waals surface area contributed by atoms with Crippen LogP contribution in [0.15, 0.2) is 47.4 Å². The molecule has 2 heterocycles. The fraction of sp³-hybridized carbons (Fsp3) is 0.409. The Morgan fingerprint density at radius 3 is 2.45 bits per heavy atom. The fourth-order valence-electron chi connectivity index (χ4n) is 3.96. The van der Waals surface area contributed by atoms with Crippen LogP contribution in [0.4, 0.5) is 4.39 Å². The van der Waals surface area contributed by atoms with E-state index in [4.69, 9.17) is 9.47 Å². The minimum absolute atomic E-state index is 0.0268. The van der Waals surface area contributed by atoms with Gasteiger partial charge in [-0.1, -0.05) is 6.07 Å². The average molecular weight is 449 g/mol. The Kier molecular flexibility index (Phi) is 6.15. The first-order valence-corrected chi connectivity index (χ1v) is 11.8. The number of sulfonamides is 1. The molecule has 9 heteroatoms. The van der Waals surface area contributed by atoms with Crippen LogP contribution in [0.1, 0.15) is 25.3 Å². The van der Waals surface area contributed by atoms with Gasteiger partial charge in [0.2, 0.25) is 22.7 Å². The van der Waals surface area contributed by atoms with Gasteiger partial charge in [0.25, 0.3) is 0 Å². The molecule has 0 N–H and O–H groups in total. The van der Waals surface area contributed by atoms with Crippen molar-refractivity contribution < 1.29 is 27.1 Å². The quantitative estimate of drug-likeness (QED) is 0.679. The number of ether oxygens (including phenoxy) is 2. The van der Waals surface area contributed by atoms with E-state index in [9.17, 15) is 17.6 Å². The molecular weight excluding hydrogens is 423 g/mol. The van der Waals surface area contributed by atoms with E-state index in [1.165, 1.54) is 16.4 Å². The SMILES string of the molecule is CCN(Cc1ccc2c(c1)OCO2)C(=O)C1CCN(S(=O)(=O)c2ccc(F)cc2)CC1. The molecule has 0 saturated carbocycles. The van der Waals surface area contributed by atoms with E-state index < -0.39 is 15.8 Å². The third-order valence-corrected chi connectivity index (χ3v) is 7.67. The molecule has 2 aliphatic rings. The average Bonchev–Trinajstić information content (AvgIpc) is 3.25. The van der Waals surface area contributed by atoms with E-state index in [1.54, 1.807) is 4.90 Å². The molecule has 0 aromatic heterocycles. The van der Waals surface area contributed by atoms with Gasteiger partial charge in [-0.15, -0.1) is 0 Å². The lowest BCUT2D eigenvalue weighted by molar-refractivity contribution is -0.137. The van der Waals surface area contributed by atoms with Gasteiger partial charge in [0, 0.05) is 32.1 Å². The van der Waals surface area contributed by atoms with Crippen molar-refractivity contribution in [3.8, 4) is 11.5 Å². The van der Waals surface area contributed by atoms with Crippen LogP contribution in [0.5, 0.6) is 11.5 Å². The second kappa shape index (κ2) is 8.84. The van der Waals surface area contributed by atoms with Crippen molar-refractivity contribution in [1.82, 2.24) is 9.21 Å². The highest BCUT2D eigenvalue weighted by atomic mass is 32.2. The molecule has 31 heavy (non-hydrogen) atoms. The van der Waals surface area contributed by atoms with Gasteiger partial charge in [-0.25, -0.2) is 12.8 Å². The van der Waals surface area contributed by atoms with Crippen LogP contribution in [0, 0.1) is 11.7 Å². The lowest BCUT2D eigenvalue weighted by Gasteiger charge is -2.33. The molecular formula is C22H25FN2O5S. The third kappa shape index (κ3) is 4.52. The smallest absolute Gasteiger partial charge is 0.243 e. The molecule has 166 valence electrons. The van der Waals surface area contributed by atoms with Gasteiger partial charge in [-0.3, -0.25) is 4.79 Å². The van der Waals surface area contributed by atoms with Crippen molar-refractivity contribution in [2.75, 3.05) is 26.4 Å². The molecule has 1 saturated heterocycles. The highest BCUT2D eigenvalue weighted by Crippen LogP contribution is 2.33. The van der Waals surface area contributed by atoms with Crippen LogP contribution in [0.2, 0.25) is 0 Å². The Morgan fingerprint density at radius 1 is 1.10 bits per heavy atom. The number of benzene rings is 2. The Balaban J connectivity index is 1.38. The largest absolute Gasteiger partial charge is 0.454 e. The minimum atomic E-state index is -3.69. The summed E-state index contributed by atoms with van der Waals surface area (Å²) in [5, 5.41) is 0. The first-order valence-electron chi connectivity index (χ1n) is 10.3. The van der Waals surface area contributed by atoms with Gasteiger partial charge >= 0.3 is 0 Å². The summed E-state index contributed by atoms with van der Waals surface area (Å²) >= 11 is 0. The van der Waals surface area contributed by atoms with Crippen molar-refractivity contribution in [1.29, 1.82) is 0 Å². The van der Waals surface area contributed by atoms with Gasteiger partial charge in [-0.2, -0.15) is 4.31 Å². The highest BCUT2D eigenvalue weighted by Gasteiger charge is 2.33. The van der Waals surface area contributed by atoms with E-state index in [-0.39, 0.29) is 36.6 Å². The maximum atomic E-state index is 13.1. The number of amides is 1. The predicted molar refractivity (Wildman–Crippen MR) is 112 cm³/mol. The predicted octanol–water partition coefficient (Wildman–Crippen LogP) is 3.00. The molecule has 2 aromatic rings. The fourth-order valence-corrected chi connectivity index (χ4v) is 5.43. The van der Waals surface area contributed by atoms with Crippen molar-refractivity contribution in [3.05, 3.63) is 53.8 Å². The van der Waals surface area contributed by atoms with Crippen LogP contribution in [0.25, 0.3) is 0 Å². The van der Waals surface area contributed by atoms with Gasteiger partial charge in [0.1, 0.15) is 5.82 Å². The number of halogens is 1. The Labute approximate surface area is 181 Å². The number of rotatable bonds is 6. The minimum Gasteiger partial charge on any atom is -0.454 e. The van der Waals surface area contributed by atoms with E-state index >= 15 is 0 Å². The standard InChI is InChI=1S/C22H25FN2O5S/c1-2-24(14-16-3-8-20-21(13-16)30-15-29-20)22(26)17-9-11-25(12-10-17)31(27,28)19-6-4-18(23)5-7-19/h3-8,13,17H,2,9-12,14-15H2,1H3.